The number of amides is 1. The predicted octanol–water partition coefficient (Wildman–Crippen LogP) is 0.755. The highest BCUT2D eigenvalue weighted by Gasteiger charge is 2.64. The molecule has 0 bridgehead atoms. The number of alkyl halides is 3. The highest BCUT2D eigenvalue weighted by molar-refractivity contribution is 5.84. The predicted molar refractivity (Wildman–Crippen MR) is 60.1 cm³/mol. The van der Waals surface area contributed by atoms with Gasteiger partial charge >= 0.3 is 12.1 Å². The smallest absolute Gasteiger partial charge is 0.406 e. The topological polar surface area (TPSA) is 83.6 Å². The van der Waals surface area contributed by atoms with Gasteiger partial charge in [0.2, 0.25) is 5.91 Å². The monoisotopic (exact) mass is 280 g/mol. The van der Waals surface area contributed by atoms with E-state index in [1.54, 1.807) is 0 Å². The van der Waals surface area contributed by atoms with Crippen molar-refractivity contribution in [3.8, 4) is 0 Å². The van der Waals surface area contributed by atoms with Crippen molar-refractivity contribution >= 4 is 11.9 Å². The molecule has 2 atom stereocenters. The standard InChI is InChI=1S/C11H15F3N2O3/c1-2-3-7(15)8(17)16-5-4-10(6-16,9(18)19)11(12,13)14/h2,7H,1,3-6,15H2,(H,18,19). The fourth-order valence-corrected chi connectivity index (χ4v) is 2.04. The fourth-order valence-electron chi connectivity index (χ4n) is 2.04. The first kappa shape index (κ1) is 15.5. The van der Waals surface area contributed by atoms with E-state index in [2.05, 4.69) is 6.58 Å². The van der Waals surface area contributed by atoms with Gasteiger partial charge in [0, 0.05) is 13.1 Å². The van der Waals surface area contributed by atoms with E-state index in [-0.39, 0.29) is 13.0 Å². The molecule has 108 valence electrons. The molecule has 0 aromatic carbocycles. The number of hydrogen-bond donors (Lipinski definition) is 2. The number of rotatable bonds is 4. The summed E-state index contributed by atoms with van der Waals surface area (Å²) in [6.45, 7) is 2.22. The van der Waals surface area contributed by atoms with Crippen molar-refractivity contribution in [3.05, 3.63) is 12.7 Å². The highest BCUT2D eigenvalue weighted by atomic mass is 19.4. The van der Waals surface area contributed by atoms with Gasteiger partial charge < -0.3 is 15.7 Å². The van der Waals surface area contributed by atoms with E-state index >= 15 is 0 Å². The van der Waals surface area contributed by atoms with Crippen LogP contribution in [0.1, 0.15) is 12.8 Å². The van der Waals surface area contributed by atoms with Gasteiger partial charge in [0.05, 0.1) is 6.04 Å². The van der Waals surface area contributed by atoms with Gasteiger partial charge in [0.25, 0.3) is 0 Å². The molecule has 0 spiro atoms. The first-order valence-corrected chi connectivity index (χ1v) is 5.61. The number of carbonyl (C=O) groups is 2. The van der Waals surface area contributed by atoms with Crippen LogP contribution in [0.25, 0.3) is 0 Å². The van der Waals surface area contributed by atoms with E-state index in [0.717, 1.165) is 4.90 Å². The van der Waals surface area contributed by atoms with Crippen LogP contribution < -0.4 is 5.73 Å². The number of nitrogens with two attached hydrogens (primary N) is 1. The Hall–Kier alpha value is -1.57. The fraction of sp³-hybridized carbons (Fsp3) is 0.636. The van der Waals surface area contributed by atoms with E-state index in [1.165, 1.54) is 6.08 Å². The lowest BCUT2D eigenvalue weighted by Crippen LogP contribution is -2.49. The zero-order valence-corrected chi connectivity index (χ0v) is 10.1. The average molecular weight is 280 g/mol. The molecule has 5 nitrogen and oxygen atoms in total. The Morgan fingerprint density at radius 1 is 1.53 bits per heavy atom. The van der Waals surface area contributed by atoms with Gasteiger partial charge in [0.1, 0.15) is 0 Å². The molecule has 1 fully saturated rings. The van der Waals surface area contributed by atoms with Crippen LogP contribution in [0.3, 0.4) is 0 Å². The Balaban J connectivity index is 2.89. The van der Waals surface area contributed by atoms with Crippen LogP contribution in [-0.4, -0.2) is 47.2 Å². The zero-order valence-electron chi connectivity index (χ0n) is 10.1. The molecule has 8 heteroatoms. The van der Waals surface area contributed by atoms with Gasteiger partial charge in [-0.2, -0.15) is 13.2 Å². The largest absolute Gasteiger partial charge is 0.481 e. The molecule has 19 heavy (non-hydrogen) atoms. The van der Waals surface area contributed by atoms with Crippen molar-refractivity contribution in [3.63, 3.8) is 0 Å². The van der Waals surface area contributed by atoms with E-state index in [9.17, 15) is 22.8 Å². The minimum Gasteiger partial charge on any atom is -0.481 e. The summed E-state index contributed by atoms with van der Waals surface area (Å²) < 4.78 is 38.7. The summed E-state index contributed by atoms with van der Waals surface area (Å²) in [7, 11) is 0. The lowest BCUT2D eigenvalue weighted by Gasteiger charge is -2.27. The minimum absolute atomic E-state index is 0.126. The second kappa shape index (κ2) is 5.20. The SMILES string of the molecule is C=CCC(N)C(=O)N1CCC(C(=O)O)(C(F)(F)F)C1. The summed E-state index contributed by atoms with van der Waals surface area (Å²) in [5.74, 6) is -2.65. The molecule has 0 aliphatic carbocycles. The first-order valence-electron chi connectivity index (χ1n) is 5.61. The molecule has 2 unspecified atom stereocenters. The van der Waals surface area contributed by atoms with Crippen LogP contribution >= 0.6 is 0 Å². The maximum Gasteiger partial charge on any atom is 0.406 e. The van der Waals surface area contributed by atoms with Crippen LogP contribution in [0.15, 0.2) is 12.7 Å². The molecule has 0 aromatic heterocycles. The molecule has 1 aliphatic heterocycles. The first-order chi connectivity index (χ1) is 8.65. The molecule has 1 rings (SSSR count). The molecule has 1 aliphatic rings. The number of nitrogens with zero attached hydrogens (tertiary/aromatic N) is 1. The molecule has 0 aromatic rings. The van der Waals surface area contributed by atoms with Crippen molar-refractivity contribution in [2.75, 3.05) is 13.1 Å². The Morgan fingerprint density at radius 2 is 2.11 bits per heavy atom. The van der Waals surface area contributed by atoms with Gasteiger partial charge in [-0.1, -0.05) is 6.08 Å². The molecule has 0 radical (unpaired) electrons. The van der Waals surface area contributed by atoms with Crippen molar-refractivity contribution in [2.45, 2.75) is 25.1 Å². The third-order valence-corrected chi connectivity index (χ3v) is 3.27. The van der Waals surface area contributed by atoms with Gasteiger partial charge in [-0.25, -0.2) is 0 Å². The Labute approximate surface area is 107 Å². The molecule has 1 saturated heterocycles. The molecule has 3 N–H and O–H groups in total. The number of aliphatic carboxylic acids is 1. The molecule has 1 heterocycles. The van der Waals surface area contributed by atoms with E-state index in [1.807, 2.05) is 0 Å². The number of hydrogen-bond acceptors (Lipinski definition) is 3. The van der Waals surface area contributed by atoms with E-state index < -0.39 is 42.5 Å². The van der Waals surface area contributed by atoms with Crippen LogP contribution in [-0.2, 0) is 9.59 Å². The van der Waals surface area contributed by atoms with Gasteiger partial charge in [-0.15, -0.1) is 6.58 Å². The number of carbonyl (C=O) groups excluding carboxylic acids is 1. The van der Waals surface area contributed by atoms with Crippen molar-refractivity contribution in [2.24, 2.45) is 11.1 Å². The minimum atomic E-state index is -4.91. The number of halogens is 3. The van der Waals surface area contributed by atoms with Gasteiger partial charge in [0.15, 0.2) is 5.41 Å². The van der Waals surface area contributed by atoms with Crippen molar-refractivity contribution in [1.82, 2.24) is 4.90 Å². The zero-order chi connectivity index (χ0) is 14.8. The maximum atomic E-state index is 12.9. The normalized spacial score (nSPS) is 25.2. The number of carboxylic acid groups (broad SMARTS) is 1. The lowest BCUT2D eigenvalue weighted by atomic mass is 9.86. The summed E-state index contributed by atoms with van der Waals surface area (Å²) in [6.07, 6.45) is -4.05. The lowest BCUT2D eigenvalue weighted by molar-refractivity contribution is -0.227. The second-order valence-corrected chi connectivity index (χ2v) is 4.53. The van der Waals surface area contributed by atoms with Crippen LogP contribution in [0.5, 0.6) is 0 Å². The molecular formula is C11H15F3N2O3. The number of carboxylic acids is 1. The Bertz CT molecular complexity index is 397. The average Bonchev–Trinajstić information content (AvgIpc) is 2.73. The summed E-state index contributed by atoms with van der Waals surface area (Å²) in [5, 5.41) is 8.84. The summed E-state index contributed by atoms with van der Waals surface area (Å²) >= 11 is 0. The van der Waals surface area contributed by atoms with Crippen molar-refractivity contribution < 1.29 is 27.9 Å². The van der Waals surface area contributed by atoms with Gasteiger partial charge in [-0.3, -0.25) is 9.59 Å². The molecular weight excluding hydrogens is 265 g/mol. The third-order valence-electron chi connectivity index (χ3n) is 3.27. The second-order valence-electron chi connectivity index (χ2n) is 4.53. The van der Waals surface area contributed by atoms with Crippen LogP contribution in [0, 0.1) is 5.41 Å². The molecule has 1 amide bonds. The van der Waals surface area contributed by atoms with E-state index in [4.69, 9.17) is 10.8 Å². The quantitative estimate of drug-likeness (QED) is 0.744. The third kappa shape index (κ3) is 2.73. The Morgan fingerprint density at radius 3 is 2.47 bits per heavy atom. The van der Waals surface area contributed by atoms with Crippen molar-refractivity contribution in [1.29, 1.82) is 0 Å². The van der Waals surface area contributed by atoms with Crippen LogP contribution in [0.2, 0.25) is 0 Å². The highest BCUT2D eigenvalue weighted by Crippen LogP contribution is 2.45. The van der Waals surface area contributed by atoms with E-state index in [0.29, 0.717) is 0 Å². The summed E-state index contributed by atoms with van der Waals surface area (Å²) in [6, 6.07) is -0.990. The van der Waals surface area contributed by atoms with Crippen LogP contribution in [0.4, 0.5) is 13.2 Å². The number of likely N-dealkylation sites (tertiary alicyclic amines) is 1. The summed E-state index contributed by atoms with van der Waals surface area (Å²) in [4.78, 5) is 23.6. The molecule has 0 saturated carbocycles. The maximum absolute atomic E-state index is 12.9. The van der Waals surface area contributed by atoms with Gasteiger partial charge in [-0.05, 0) is 12.8 Å². The Kier molecular flexibility index (Phi) is 4.24. The summed E-state index contributed by atoms with van der Waals surface area (Å²) in [5.41, 5.74) is 2.60.